The number of aromatic amines is 1. The number of H-pyrrole nitrogens is 1. The Bertz CT molecular complexity index is 462. The van der Waals surface area contributed by atoms with Gasteiger partial charge in [-0.1, -0.05) is 0 Å². The van der Waals surface area contributed by atoms with Crippen molar-refractivity contribution in [1.29, 1.82) is 0 Å². The van der Waals surface area contributed by atoms with Crippen LogP contribution in [0.2, 0.25) is 0 Å². The van der Waals surface area contributed by atoms with Crippen molar-refractivity contribution in [2.45, 2.75) is 32.6 Å². The van der Waals surface area contributed by atoms with Crippen molar-refractivity contribution in [3.05, 3.63) is 33.2 Å². The van der Waals surface area contributed by atoms with E-state index >= 15 is 0 Å². The van der Waals surface area contributed by atoms with Gasteiger partial charge in [0.15, 0.2) is 0 Å². The highest BCUT2D eigenvalue weighted by molar-refractivity contribution is 5.91. The second-order valence-corrected chi connectivity index (χ2v) is 3.93. The maximum atomic E-state index is 11.7. The minimum Gasteiger partial charge on any atom is -0.462 e. The molecular weight excluding hydrogens is 206 g/mol. The molecule has 0 atom stereocenters. The van der Waals surface area contributed by atoms with Gasteiger partial charge < -0.3 is 9.72 Å². The van der Waals surface area contributed by atoms with Gasteiger partial charge in [-0.2, -0.15) is 0 Å². The number of fused-ring (bicyclic) bond motifs is 1. The lowest BCUT2D eigenvalue weighted by Gasteiger charge is -2.17. The molecule has 2 rings (SSSR count). The summed E-state index contributed by atoms with van der Waals surface area (Å²) >= 11 is 0. The molecule has 1 aromatic rings. The van der Waals surface area contributed by atoms with Crippen LogP contribution in [0.4, 0.5) is 0 Å². The Labute approximate surface area is 93.6 Å². The maximum absolute atomic E-state index is 11.7. The van der Waals surface area contributed by atoms with Crippen LogP contribution in [-0.2, 0) is 17.6 Å². The number of pyridine rings is 1. The molecule has 0 bridgehead atoms. The zero-order valence-electron chi connectivity index (χ0n) is 9.34. The molecule has 0 unspecified atom stereocenters. The summed E-state index contributed by atoms with van der Waals surface area (Å²) in [4.78, 5) is 25.9. The summed E-state index contributed by atoms with van der Waals surface area (Å²) in [6, 6.07) is 1.35. The van der Waals surface area contributed by atoms with Crippen LogP contribution in [0.5, 0.6) is 0 Å². The van der Waals surface area contributed by atoms with Gasteiger partial charge in [0.1, 0.15) is 0 Å². The van der Waals surface area contributed by atoms with E-state index in [1.807, 2.05) is 0 Å². The second kappa shape index (κ2) is 4.51. The Kier molecular flexibility index (Phi) is 3.08. The van der Waals surface area contributed by atoms with E-state index in [1.165, 1.54) is 6.07 Å². The van der Waals surface area contributed by atoms with E-state index in [0.717, 1.165) is 36.9 Å². The van der Waals surface area contributed by atoms with E-state index in [0.29, 0.717) is 12.2 Å². The molecule has 0 saturated carbocycles. The predicted molar refractivity (Wildman–Crippen MR) is 59.7 cm³/mol. The first-order valence-corrected chi connectivity index (χ1v) is 5.64. The van der Waals surface area contributed by atoms with Crippen LogP contribution in [0.25, 0.3) is 0 Å². The van der Waals surface area contributed by atoms with Crippen molar-refractivity contribution in [2.24, 2.45) is 0 Å². The molecule has 16 heavy (non-hydrogen) atoms. The summed E-state index contributed by atoms with van der Waals surface area (Å²) in [5.74, 6) is -0.383. The standard InChI is InChI=1S/C12H15NO3/c1-2-16-12(15)9-7-11(14)13-10-6-4-3-5-8(9)10/h7H,2-6H2,1H3,(H,13,14). The molecular formula is C12H15NO3. The smallest absolute Gasteiger partial charge is 0.338 e. The van der Waals surface area contributed by atoms with Gasteiger partial charge in [-0.05, 0) is 38.2 Å². The Morgan fingerprint density at radius 1 is 1.44 bits per heavy atom. The van der Waals surface area contributed by atoms with Gasteiger partial charge in [0.05, 0.1) is 12.2 Å². The molecule has 0 saturated heterocycles. The number of nitrogens with one attached hydrogen (secondary N) is 1. The molecule has 4 heteroatoms. The maximum Gasteiger partial charge on any atom is 0.338 e. The van der Waals surface area contributed by atoms with Crippen LogP contribution in [0.1, 0.15) is 41.4 Å². The fraction of sp³-hybridized carbons (Fsp3) is 0.500. The number of esters is 1. The van der Waals surface area contributed by atoms with Crippen molar-refractivity contribution >= 4 is 5.97 Å². The average molecular weight is 221 g/mol. The second-order valence-electron chi connectivity index (χ2n) is 3.93. The van der Waals surface area contributed by atoms with Gasteiger partial charge in [0.25, 0.3) is 0 Å². The number of carbonyl (C=O) groups is 1. The van der Waals surface area contributed by atoms with Crippen LogP contribution in [0.3, 0.4) is 0 Å². The molecule has 1 heterocycles. The first-order chi connectivity index (χ1) is 7.72. The van der Waals surface area contributed by atoms with Gasteiger partial charge >= 0.3 is 5.97 Å². The highest BCUT2D eigenvalue weighted by Gasteiger charge is 2.19. The lowest BCUT2D eigenvalue weighted by molar-refractivity contribution is 0.0524. The minimum absolute atomic E-state index is 0.219. The summed E-state index contributed by atoms with van der Waals surface area (Å²) in [5.41, 5.74) is 2.09. The number of rotatable bonds is 2. The lowest BCUT2D eigenvalue weighted by atomic mass is 9.92. The predicted octanol–water partition coefficient (Wildman–Crippen LogP) is 1.43. The van der Waals surface area contributed by atoms with Crippen LogP contribution in [0.15, 0.2) is 10.9 Å². The first kappa shape index (κ1) is 10.9. The average Bonchev–Trinajstić information content (AvgIpc) is 2.28. The Balaban J connectivity index is 2.47. The van der Waals surface area contributed by atoms with E-state index < -0.39 is 0 Å². The quantitative estimate of drug-likeness (QED) is 0.768. The fourth-order valence-corrected chi connectivity index (χ4v) is 2.13. The number of hydrogen-bond acceptors (Lipinski definition) is 3. The van der Waals surface area contributed by atoms with E-state index in [2.05, 4.69) is 4.98 Å². The molecule has 0 fully saturated rings. The number of carbonyl (C=O) groups excluding carboxylic acids is 1. The van der Waals surface area contributed by atoms with Crippen molar-refractivity contribution in [2.75, 3.05) is 6.61 Å². The van der Waals surface area contributed by atoms with Crippen LogP contribution < -0.4 is 5.56 Å². The summed E-state index contributed by atoms with van der Waals surface area (Å²) < 4.78 is 4.96. The number of hydrogen-bond donors (Lipinski definition) is 1. The van der Waals surface area contributed by atoms with Crippen LogP contribution >= 0.6 is 0 Å². The first-order valence-electron chi connectivity index (χ1n) is 5.64. The number of ether oxygens (including phenoxy) is 1. The van der Waals surface area contributed by atoms with Crippen molar-refractivity contribution in [3.8, 4) is 0 Å². The molecule has 0 spiro atoms. The van der Waals surface area contributed by atoms with Gasteiger partial charge in [0, 0.05) is 11.8 Å². The molecule has 1 aromatic heterocycles. The third kappa shape index (κ3) is 2.01. The van der Waals surface area contributed by atoms with Crippen LogP contribution in [0, 0.1) is 0 Å². The third-order valence-electron chi connectivity index (χ3n) is 2.84. The normalized spacial score (nSPS) is 14.3. The minimum atomic E-state index is -0.383. The summed E-state index contributed by atoms with van der Waals surface area (Å²) in [6.07, 6.45) is 3.82. The highest BCUT2D eigenvalue weighted by atomic mass is 16.5. The summed E-state index contributed by atoms with van der Waals surface area (Å²) in [5, 5.41) is 0. The topological polar surface area (TPSA) is 59.2 Å². The van der Waals surface area contributed by atoms with E-state index in [1.54, 1.807) is 6.92 Å². The van der Waals surface area contributed by atoms with E-state index in [9.17, 15) is 9.59 Å². The Morgan fingerprint density at radius 2 is 2.19 bits per heavy atom. The number of aryl methyl sites for hydroxylation is 1. The molecule has 86 valence electrons. The van der Waals surface area contributed by atoms with Gasteiger partial charge in [-0.25, -0.2) is 4.79 Å². The Hall–Kier alpha value is -1.58. The van der Waals surface area contributed by atoms with Gasteiger partial charge in [0.2, 0.25) is 5.56 Å². The van der Waals surface area contributed by atoms with Crippen molar-refractivity contribution in [3.63, 3.8) is 0 Å². The lowest BCUT2D eigenvalue weighted by Crippen LogP contribution is -2.20. The monoisotopic (exact) mass is 221 g/mol. The summed E-state index contributed by atoms with van der Waals surface area (Å²) in [6.45, 7) is 2.10. The molecule has 0 amide bonds. The van der Waals surface area contributed by atoms with E-state index in [4.69, 9.17) is 4.74 Å². The molecule has 1 N–H and O–H groups in total. The zero-order valence-corrected chi connectivity index (χ0v) is 9.34. The molecule has 4 nitrogen and oxygen atoms in total. The molecule has 1 aliphatic carbocycles. The molecule has 1 aliphatic rings. The third-order valence-corrected chi connectivity index (χ3v) is 2.84. The zero-order chi connectivity index (χ0) is 11.5. The number of aromatic nitrogens is 1. The summed E-state index contributed by atoms with van der Waals surface area (Å²) in [7, 11) is 0. The largest absolute Gasteiger partial charge is 0.462 e. The van der Waals surface area contributed by atoms with E-state index in [-0.39, 0.29) is 11.5 Å². The molecule has 0 radical (unpaired) electrons. The van der Waals surface area contributed by atoms with Crippen molar-refractivity contribution < 1.29 is 9.53 Å². The molecule has 0 aliphatic heterocycles. The van der Waals surface area contributed by atoms with Crippen LogP contribution in [-0.4, -0.2) is 17.6 Å². The fourth-order valence-electron chi connectivity index (χ4n) is 2.13. The Morgan fingerprint density at radius 3 is 2.94 bits per heavy atom. The van der Waals surface area contributed by atoms with Crippen molar-refractivity contribution in [1.82, 2.24) is 4.98 Å². The SMILES string of the molecule is CCOC(=O)c1cc(=O)[nH]c2c1CCCC2. The van der Waals surface area contributed by atoms with Gasteiger partial charge in [-0.3, -0.25) is 4.79 Å². The van der Waals surface area contributed by atoms with Gasteiger partial charge in [-0.15, -0.1) is 0 Å². The highest BCUT2D eigenvalue weighted by Crippen LogP contribution is 2.21. The molecule has 0 aromatic carbocycles.